The smallest absolute Gasteiger partial charge is 0.195 e. The van der Waals surface area contributed by atoms with E-state index in [0.717, 1.165) is 5.56 Å². The lowest BCUT2D eigenvalue weighted by atomic mass is 10.2. The van der Waals surface area contributed by atoms with Crippen LogP contribution in [0.15, 0.2) is 41.8 Å². The Bertz CT molecular complexity index is 449. The quantitative estimate of drug-likeness (QED) is 0.461. The van der Waals surface area contributed by atoms with Gasteiger partial charge in [0.25, 0.3) is 0 Å². The predicted octanol–water partition coefficient (Wildman–Crippen LogP) is 1.13. The lowest BCUT2D eigenvalue weighted by molar-refractivity contribution is 0.321. The summed E-state index contributed by atoms with van der Waals surface area (Å²) < 4.78 is 1.69. The van der Waals surface area contributed by atoms with Crippen molar-refractivity contribution in [3.63, 3.8) is 0 Å². The second-order valence-corrected chi connectivity index (χ2v) is 3.03. The van der Waals surface area contributed by atoms with Crippen LogP contribution >= 0.6 is 0 Å². The fourth-order valence-corrected chi connectivity index (χ4v) is 1.27. The van der Waals surface area contributed by atoms with Gasteiger partial charge in [-0.1, -0.05) is 35.5 Å². The Morgan fingerprint density at radius 3 is 2.87 bits per heavy atom. The van der Waals surface area contributed by atoms with E-state index in [4.69, 9.17) is 5.21 Å². The Balaban J connectivity index is 2.11. The van der Waals surface area contributed by atoms with E-state index in [9.17, 15) is 0 Å². The first kappa shape index (κ1) is 9.39. The van der Waals surface area contributed by atoms with Crippen molar-refractivity contribution in [1.82, 2.24) is 14.8 Å². The molecule has 0 aliphatic heterocycles. The van der Waals surface area contributed by atoms with Crippen LogP contribution in [0.2, 0.25) is 0 Å². The van der Waals surface area contributed by atoms with E-state index >= 15 is 0 Å². The fraction of sp³-hybridized carbons (Fsp3) is 0.100. The van der Waals surface area contributed by atoms with Gasteiger partial charge in [0, 0.05) is 0 Å². The molecule has 0 radical (unpaired) electrons. The van der Waals surface area contributed by atoms with Crippen LogP contribution in [0.3, 0.4) is 0 Å². The monoisotopic (exact) mass is 202 g/mol. The highest BCUT2D eigenvalue weighted by molar-refractivity contribution is 5.73. The zero-order chi connectivity index (χ0) is 10.5. The van der Waals surface area contributed by atoms with Crippen molar-refractivity contribution in [2.75, 3.05) is 0 Å². The van der Waals surface area contributed by atoms with Crippen molar-refractivity contribution in [2.24, 2.45) is 5.16 Å². The topological polar surface area (TPSA) is 63.3 Å². The minimum Gasteiger partial charge on any atom is -0.411 e. The number of nitrogens with zero attached hydrogens (tertiary/aromatic N) is 4. The molecule has 15 heavy (non-hydrogen) atoms. The van der Waals surface area contributed by atoms with E-state index in [1.54, 1.807) is 11.0 Å². The Hall–Kier alpha value is -2.17. The first-order valence-corrected chi connectivity index (χ1v) is 4.49. The third-order valence-corrected chi connectivity index (χ3v) is 1.91. The summed E-state index contributed by atoms with van der Waals surface area (Å²) in [5.74, 6) is 0.397. The van der Waals surface area contributed by atoms with Gasteiger partial charge in [0.2, 0.25) is 0 Å². The van der Waals surface area contributed by atoms with Gasteiger partial charge in [-0.25, -0.2) is 9.67 Å². The first-order valence-electron chi connectivity index (χ1n) is 4.49. The van der Waals surface area contributed by atoms with Gasteiger partial charge in [0.15, 0.2) is 5.82 Å². The summed E-state index contributed by atoms with van der Waals surface area (Å²) in [5, 5.41) is 15.3. The van der Waals surface area contributed by atoms with Crippen LogP contribution < -0.4 is 0 Å². The van der Waals surface area contributed by atoms with Crippen LogP contribution in [0, 0.1) is 0 Å². The van der Waals surface area contributed by atoms with E-state index in [1.807, 2.05) is 30.3 Å². The lowest BCUT2D eigenvalue weighted by Crippen LogP contribution is -2.00. The highest BCUT2D eigenvalue weighted by Crippen LogP contribution is 2.00. The van der Waals surface area contributed by atoms with Crippen molar-refractivity contribution in [2.45, 2.75) is 6.54 Å². The number of rotatable bonds is 3. The summed E-state index contributed by atoms with van der Waals surface area (Å²) in [4.78, 5) is 3.94. The molecule has 0 aliphatic carbocycles. The van der Waals surface area contributed by atoms with Gasteiger partial charge in [0.05, 0.1) is 6.54 Å². The van der Waals surface area contributed by atoms with Crippen molar-refractivity contribution in [1.29, 1.82) is 0 Å². The third kappa shape index (κ3) is 2.40. The normalized spacial score (nSPS) is 10.9. The van der Waals surface area contributed by atoms with Crippen molar-refractivity contribution in [3.05, 3.63) is 48.0 Å². The molecule has 5 nitrogen and oxygen atoms in total. The molecule has 1 heterocycles. The third-order valence-electron chi connectivity index (χ3n) is 1.91. The Kier molecular flexibility index (Phi) is 2.73. The maximum atomic E-state index is 8.30. The summed E-state index contributed by atoms with van der Waals surface area (Å²) in [6.07, 6.45) is 2.80. The molecular weight excluding hydrogens is 192 g/mol. The first-order chi connectivity index (χ1) is 7.38. The number of aromatic nitrogens is 3. The van der Waals surface area contributed by atoms with E-state index in [0.29, 0.717) is 12.4 Å². The van der Waals surface area contributed by atoms with E-state index in [-0.39, 0.29) is 0 Å². The number of benzene rings is 1. The number of oxime groups is 1. The van der Waals surface area contributed by atoms with Gasteiger partial charge < -0.3 is 5.21 Å². The fourth-order valence-electron chi connectivity index (χ4n) is 1.27. The molecule has 0 unspecified atom stereocenters. The highest BCUT2D eigenvalue weighted by Gasteiger charge is 1.98. The molecule has 0 saturated heterocycles. The highest BCUT2D eigenvalue weighted by atomic mass is 16.4. The summed E-state index contributed by atoms with van der Waals surface area (Å²) >= 11 is 0. The molecule has 1 aromatic carbocycles. The van der Waals surface area contributed by atoms with Crippen LogP contribution in [0.4, 0.5) is 0 Å². The van der Waals surface area contributed by atoms with E-state index < -0.39 is 0 Å². The standard InChI is InChI=1S/C10H10N4O/c15-12-6-10-11-8-14(13-10)7-9-4-2-1-3-5-9/h1-6,8,15H,7H2/b12-6-. The van der Waals surface area contributed by atoms with Gasteiger partial charge >= 0.3 is 0 Å². The summed E-state index contributed by atoms with van der Waals surface area (Å²) in [5.41, 5.74) is 1.15. The molecular formula is C10H10N4O. The summed E-state index contributed by atoms with van der Waals surface area (Å²) in [7, 11) is 0. The molecule has 1 N–H and O–H groups in total. The molecule has 0 spiro atoms. The van der Waals surface area contributed by atoms with Gasteiger partial charge in [-0.2, -0.15) is 0 Å². The van der Waals surface area contributed by atoms with E-state index in [1.165, 1.54) is 6.21 Å². The summed E-state index contributed by atoms with van der Waals surface area (Å²) in [6, 6.07) is 9.95. The average Bonchev–Trinajstić information content (AvgIpc) is 2.68. The zero-order valence-corrected chi connectivity index (χ0v) is 7.98. The van der Waals surface area contributed by atoms with Crippen LogP contribution in [-0.4, -0.2) is 26.2 Å². The van der Waals surface area contributed by atoms with Crippen LogP contribution in [0.25, 0.3) is 0 Å². The molecule has 2 aromatic rings. The van der Waals surface area contributed by atoms with Crippen molar-refractivity contribution < 1.29 is 5.21 Å². The van der Waals surface area contributed by atoms with Gasteiger partial charge in [-0.3, -0.25) is 0 Å². The predicted molar refractivity (Wildman–Crippen MR) is 54.9 cm³/mol. The van der Waals surface area contributed by atoms with Crippen molar-refractivity contribution >= 4 is 6.21 Å². The van der Waals surface area contributed by atoms with Crippen LogP contribution in [0.1, 0.15) is 11.4 Å². The lowest BCUT2D eigenvalue weighted by Gasteiger charge is -1.99. The maximum absolute atomic E-state index is 8.30. The molecule has 0 saturated carbocycles. The molecule has 0 fully saturated rings. The molecule has 5 heteroatoms. The maximum Gasteiger partial charge on any atom is 0.195 e. The van der Waals surface area contributed by atoms with Gasteiger partial charge in [0.1, 0.15) is 12.5 Å². The second-order valence-electron chi connectivity index (χ2n) is 3.03. The van der Waals surface area contributed by atoms with Crippen molar-refractivity contribution in [3.8, 4) is 0 Å². The Labute approximate surface area is 86.7 Å². The second kappa shape index (κ2) is 4.36. The molecule has 0 bridgehead atoms. The molecule has 0 atom stereocenters. The molecule has 76 valence electrons. The Morgan fingerprint density at radius 1 is 1.33 bits per heavy atom. The molecule has 1 aromatic heterocycles. The van der Waals surface area contributed by atoms with Gasteiger partial charge in [-0.05, 0) is 5.56 Å². The minimum absolute atomic E-state index is 0.397. The number of hydrogen-bond acceptors (Lipinski definition) is 4. The largest absolute Gasteiger partial charge is 0.411 e. The van der Waals surface area contributed by atoms with Crippen LogP contribution in [0.5, 0.6) is 0 Å². The minimum atomic E-state index is 0.397. The summed E-state index contributed by atoms with van der Waals surface area (Å²) in [6.45, 7) is 0.660. The molecule has 2 rings (SSSR count). The SMILES string of the molecule is O/N=C\c1ncn(Cc2ccccc2)n1. The van der Waals surface area contributed by atoms with E-state index in [2.05, 4.69) is 15.2 Å². The van der Waals surface area contributed by atoms with Gasteiger partial charge in [-0.15, -0.1) is 5.10 Å². The van der Waals surface area contributed by atoms with Crippen LogP contribution in [-0.2, 0) is 6.54 Å². The number of hydrogen-bond donors (Lipinski definition) is 1. The Morgan fingerprint density at radius 2 is 2.13 bits per heavy atom. The zero-order valence-electron chi connectivity index (χ0n) is 7.98. The average molecular weight is 202 g/mol. The molecule has 0 aliphatic rings. The molecule has 0 amide bonds.